The van der Waals surface area contributed by atoms with E-state index in [9.17, 15) is 9.59 Å². The van der Waals surface area contributed by atoms with E-state index in [1.807, 2.05) is 9.80 Å². The molecule has 2 aromatic rings. The summed E-state index contributed by atoms with van der Waals surface area (Å²) >= 11 is 0. The zero-order valence-corrected chi connectivity index (χ0v) is 14.6. The van der Waals surface area contributed by atoms with Crippen LogP contribution < -0.4 is 0 Å². The quantitative estimate of drug-likeness (QED) is 0.846. The van der Waals surface area contributed by atoms with Crippen LogP contribution in [0, 0.1) is 5.92 Å². The number of nitrogens with zero attached hydrogens (tertiary/aromatic N) is 2. The van der Waals surface area contributed by atoms with Crippen molar-refractivity contribution in [2.45, 2.75) is 25.7 Å². The molecular formula is C21H24N2O2. The Morgan fingerprint density at radius 1 is 0.920 bits per heavy atom. The van der Waals surface area contributed by atoms with Gasteiger partial charge in [-0.05, 0) is 35.1 Å². The van der Waals surface area contributed by atoms with E-state index in [0.717, 1.165) is 25.9 Å². The second-order valence-corrected chi connectivity index (χ2v) is 7.20. The second-order valence-electron chi connectivity index (χ2n) is 7.20. The topological polar surface area (TPSA) is 40.6 Å². The highest BCUT2D eigenvalue weighted by Crippen LogP contribution is 2.50. The molecule has 2 atom stereocenters. The predicted molar refractivity (Wildman–Crippen MR) is 98.2 cm³/mol. The van der Waals surface area contributed by atoms with E-state index in [1.165, 1.54) is 16.3 Å². The van der Waals surface area contributed by atoms with Crippen LogP contribution in [0.4, 0.5) is 0 Å². The molecule has 2 fully saturated rings. The van der Waals surface area contributed by atoms with E-state index < -0.39 is 0 Å². The van der Waals surface area contributed by atoms with E-state index in [4.69, 9.17) is 0 Å². The number of carbonyl (C=O) groups is 2. The average Bonchev–Trinajstić information content (AvgIpc) is 3.44. The predicted octanol–water partition coefficient (Wildman–Crippen LogP) is 3.02. The van der Waals surface area contributed by atoms with Gasteiger partial charge in [0.15, 0.2) is 0 Å². The van der Waals surface area contributed by atoms with Gasteiger partial charge in [-0.25, -0.2) is 0 Å². The van der Waals surface area contributed by atoms with Gasteiger partial charge in [0.05, 0.1) is 0 Å². The fraction of sp³-hybridized carbons (Fsp3) is 0.429. The lowest BCUT2D eigenvalue weighted by atomic mass is 10.00. The van der Waals surface area contributed by atoms with Crippen LogP contribution in [0.25, 0.3) is 10.8 Å². The summed E-state index contributed by atoms with van der Waals surface area (Å²) in [6, 6.07) is 14.8. The highest BCUT2D eigenvalue weighted by molar-refractivity contribution is 5.89. The maximum atomic E-state index is 12.9. The zero-order chi connectivity index (χ0) is 17.4. The zero-order valence-electron chi connectivity index (χ0n) is 14.6. The standard InChI is InChI=1S/C21H24N2O2/c1-15(24)22-10-5-11-23(13-12-22)21(25)20-14-19(20)18-9-4-7-16-6-2-3-8-17(16)18/h2-4,6-9,19-20H,5,10-14H2,1H3/t19-,20+/m1/s1. The minimum absolute atomic E-state index is 0.106. The van der Waals surface area contributed by atoms with Crippen molar-refractivity contribution in [3.8, 4) is 0 Å². The van der Waals surface area contributed by atoms with Gasteiger partial charge >= 0.3 is 0 Å². The van der Waals surface area contributed by atoms with E-state index in [-0.39, 0.29) is 17.7 Å². The molecule has 2 aromatic carbocycles. The number of amides is 2. The van der Waals surface area contributed by atoms with E-state index in [0.29, 0.717) is 19.0 Å². The molecule has 2 aliphatic rings. The van der Waals surface area contributed by atoms with Crippen molar-refractivity contribution in [1.29, 1.82) is 0 Å². The summed E-state index contributed by atoms with van der Waals surface area (Å²) in [5.41, 5.74) is 1.30. The fourth-order valence-corrected chi connectivity index (χ4v) is 4.07. The van der Waals surface area contributed by atoms with Crippen molar-refractivity contribution < 1.29 is 9.59 Å². The van der Waals surface area contributed by atoms with Crippen LogP contribution >= 0.6 is 0 Å². The summed E-state index contributed by atoms with van der Waals surface area (Å²) in [5.74, 6) is 0.818. The fourth-order valence-electron chi connectivity index (χ4n) is 4.07. The Kier molecular flexibility index (Phi) is 4.20. The van der Waals surface area contributed by atoms with Crippen molar-refractivity contribution >= 4 is 22.6 Å². The highest BCUT2D eigenvalue weighted by atomic mass is 16.2. The van der Waals surface area contributed by atoms with Gasteiger partial charge < -0.3 is 9.80 Å². The van der Waals surface area contributed by atoms with Gasteiger partial charge in [0.2, 0.25) is 11.8 Å². The number of rotatable bonds is 2. The molecule has 1 aliphatic carbocycles. The number of hydrogen-bond donors (Lipinski definition) is 0. The first kappa shape index (κ1) is 16.1. The van der Waals surface area contributed by atoms with Crippen molar-refractivity contribution in [2.24, 2.45) is 5.92 Å². The van der Waals surface area contributed by atoms with Crippen molar-refractivity contribution in [3.05, 3.63) is 48.0 Å². The van der Waals surface area contributed by atoms with Crippen LogP contribution in [-0.2, 0) is 9.59 Å². The molecule has 0 aromatic heterocycles. The lowest BCUT2D eigenvalue weighted by Gasteiger charge is -2.21. The van der Waals surface area contributed by atoms with Gasteiger partial charge in [-0.15, -0.1) is 0 Å². The van der Waals surface area contributed by atoms with Gasteiger partial charge in [-0.3, -0.25) is 9.59 Å². The monoisotopic (exact) mass is 336 g/mol. The summed E-state index contributed by atoms with van der Waals surface area (Å²) < 4.78 is 0. The smallest absolute Gasteiger partial charge is 0.226 e. The SMILES string of the molecule is CC(=O)N1CCCN(C(=O)[C@H]2C[C@@H]2c2cccc3ccccc23)CC1. The minimum atomic E-state index is 0.106. The van der Waals surface area contributed by atoms with Crippen molar-refractivity contribution in [2.75, 3.05) is 26.2 Å². The molecule has 4 rings (SSSR count). The van der Waals surface area contributed by atoms with Gasteiger partial charge in [0.25, 0.3) is 0 Å². The Balaban J connectivity index is 1.47. The van der Waals surface area contributed by atoms with Crippen LogP contribution in [0.5, 0.6) is 0 Å². The third-order valence-corrected chi connectivity index (χ3v) is 5.58. The van der Waals surface area contributed by atoms with Gasteiger partial charge in [-0.2, -0.15) is 0 Å². The molecule has 0 N–H and O–H groups in total. The molecule has 2 amide bonds. The Labute approximate surface area is 148 Å². The average molecular weight is 336 g/mol. The van der Waals surface area contributed by atoms with Crippen molar-refractivity contribution in [1.82, 2.24) is 9.80 Å². The summed E-state index contributed by atoms with van der Waals surface area (Å²) in [4.78, 5) is 28.3. The number of fused-ring (bicyclic) bond motifs is 1. The van der Waals surface area contributed by atoms with Gasteiger partial charge in [0, 0.05) is 39.0 Å². The third kappa shape index (κ3) is 3.13. The molecular weight excluding hydrogens is 312 g/mol. The van der Waals surface area contributed by atoms with Crippen LogP contribution in [0.3, 0.4) is 0 Å². The van der Waals surface area contributed by atoms with Crippen LogP contribution in [0.1, 0.15) is 31.2 Å². The van der Waals surface area contributed by atoms with E-state index in [2.05, 4.69) is 42.5 Å². The number of benzene rings is 2. The molecule has 1 heterocycles. The molecule has 0 radical (unpaired) electrons. The molecule has 1 saturated heterocycles. The largest absolute Gasteiger partial charge is 0.341 e. The Morgan fingerprint density at radius 2 is 1.64 bits per heavy atom. The second kappa shape index (κ2) is 6.51. The van der Waals surface area contributed by atoms with E-state index in [1.54, 1.807) is 6.92 Å². The lowest BCUT2D eigenvalue weighted by Crippen LogP contribution is -2.37. The molecule has 4 heteroatoms. The van der Waals surface area contributed by atoms with Crippen LogP contribution in [0.2, 0.25) is 0 Å². The molecule has 130 valence electrons. The summed E-state index contributed by atoms with van der Waals surface area (Å²) in [6.07, 6.45) is 1.82. The molecule has 0 spiro atoms. The summed E-state index contributed by atoms with van der Waals surface area (Å²) in [6.45, 7) is 4.46. The summed E-state index contributed by atoms with van der Waals surface area (Å²) in [5, 5.41) is 2.51. The highest BCUT2D eigenvalue weighted by Gasteiger charge is 2.46. The molecule has 4 nitrogen and oxygen atoms in total. The number of carbonyl (C=O) groups excluding carboxylic acids is 2. The van der Waals surface area contributed by atoms with Crippen LogP contribution in [-0.4, -0.2) is 47.8 Å². The van der Waals surface area contributed by atoms with Crippen molar-refractivity contribution in [3.63, 3.8) is 0 Å². The molecule has 0 bridgehead atoms. The van der Waals surface area contributed by atoms with Gasteiger partial charge in [-0.1, -0.05) is 42.5 Å². The molecule has 25 heavy (non-hydrogen) atoms. The molecule has 0 unspecified atom stereocenters. The first-order valence-electron chi connectivity index (χ1n) is 9.17. The Hall–Kier alpha value is -2.36. The normalized spacial score (nSPS) is 23.4. The van der Waals surface area contributed by atoms with E-state index >= 15 is 0 Å². The molecule has 1 saturated carbocycles. The summed E-state index contributed by atoms with van der Waals surface area (Å²) in [7, 11) is 0. The third-order valence-electron chi connectivity index (χ3n) is 5.58. The maximum Gasteiger partial charge on any atom is 0.226 e. The maximum absolute atomic E-state index is 12.9. The minimum Gasteiger partial charge on any atom is -0.341 e. The molecule has 1 aliphatic heterocycles. The number of hydrogen-bond acceptors (Lipinski definition) is 2. The first-order valence-corrected chi connectivity index (χ1v) is 9.17. The van der Waals surface area contributed by atoms with Crippen LogP contribution in [0.15, 0.2) is 42.5 Å². The van der Waals surface area contributed by atoms with Gasteiger partial charge in [0.1, 0.15) is 0 Å². The first-order chi connectivity index (χ1) is 12.1. The Morgan fingerprint density at radius 3 is 2.48 bits per heavy atom. The lowest BCUT2D eigenvalue weighted by molar-refractivity contribution is -0.133. The Bertz CT molecular complexity index is 811.